The Labute approximate surface area is 123 Å². The largest absolute Gasteiger partial charge is 0.481 e. The van der Waals surface area contributed by atoms with E-state index in [0.29, 0.717) is 12.1 Å². The number of hydrogen-bond donors (Lipinski definition) is 2. The fourth-order valence-corrected chi connectivity index (χ4v) is 2.34. The standard InChI is InChI=1S/C15H20N4O2/c1-9-7-11(14(16)20)5-6-13(9)17-8-12-10(2)18-19(3)15(12)21-4/h5-7,17H,8H2,1-4H3,(H2,16,20). The highest BCUT2D eigenvalue weighted by Gasteiger charge is 2.14. The van der Waals surface area contributed by atoms with Gasteiger partial charge in [-0.2, -0.15) is 5.10 Å². The van der Waals surface area contributed by atoms with E-state index in [1.165, 1.54) is 0 Å². The molecule has 6 nitrogen and oxygen atoms in total. The molecule has 0 fully saturated rings. The number of nitrogens with two attached hydrogens (primary N) is 1. The summed E-state index contributed by atoms with van der Waals surface area (Å²) in [6.45, 7) is 4.48. The number of anilines is 1. The molecule has 2 rings (SSSR count). The average molecular weight is 288 g/mol. The molecule has 0 aliphatic heterocycles. The molecule has 0 radical (unpaired) electrons. The first kappa shape index (κ1) is 14.9. The van der Waals surface area contributed by atoms with Gasteiger partial charge in [-0.15, -0.1) is 0 Å². The summed E-state index contributed by atoms with van der Waals surface area (Å²) in [5.41, 5.74) is 9.63. The molecule has 0 saturated heterocycles. The van der Waals surface area contributed by atoms with Gasteiger partial charge in [-0.1, -0.05) is 0 Å². The van der Waals surface area contributed by atoms with Gasteiger partial charge in [-0.3, -0.25) is 4.79 Å². The Morgan fingerprint density at radius 3 is 2.71 bits per heavy atom. The van der Waals surface area contributed by atoms with Crippen LogP contribution in [0.2, 0.25) is 0 Å². The molecule has 6 heteroatoms. The Morgan fingerprint density at radius 1 is 1.43 bits per heavy atom. The lowest BCUT2D eigenvalue weighted by molar-refractivity contribution is 0.1000. The minimum absolute atomic E-state index is 0.422. The zero-order valence-electron chi connectivity index (χ0n) is 12.7. The summed E-state index contributed by atoms with van der Waals surface area (Å²) in [4.78, 5) is 11.1. The van der Waals surface area contributed by atoms with E-state index < -0.39 is 5.91 Å². The lowest BCUT2D eigenvalue weighted by Crippen LogP contribution is -2.11. The predicted octanol–water partition coefficient (Wildman–Crippen LogP) is 1.76. The smallest absolute Gasteiger partial charge is 0.248 e. The number of rotatable bonds is 5. The van der Waals surface area contributed by atoms with Crippen molar-refractivity contribution >= 4 is 11.6 Å². The lowest BCUT2D eigenvalue weighted by atomic mass is 10.1. The Morgan fingerprint density at radius 2 is 2.14 bits per heavy atom. The van der Waals surface area contributed by atoms with Crippen molar-refractivity contribution in [1.82, 2.24) is 9.78 Å². The number of aryl methyl sites for hydroxylation is 3. The molecule has 112 valence electrons. The number of nitrogens with one attached hydrogen (secondary N) is 1. The van der Waals surface area contributed by atoms with E-state index in [1.54, 1.807) is 23.9 Å². The fraction of sp³-hybridized carbons (Fsp3) is 0.333. The quantitative estimate of drug-likeness (QED) is 0.878. The van der Waals surface area contributed by atoms with Crippen molar-refractivity contribution < 1.29 is 9.53 Å². The third-order valence-corrected chi connectivity index (χ3v) is 3.45. The van der Waals surface area contributed by atoms with Crippen LogP contribution in [0, 0.1) is 13.8 Å². The van der Waals surface area contributed by atoms with Crippen LogP contribution in [0.25, 0.3) is 0 Å². The first-order chi connectivity index (χ1) is 9.93. The molecule has 3 N–H and O–H groups in total. The minimum atomic E-state index is -0.422. The van der Waals surface area contributed by atoms with Crippen LogP contribution >= 0.6 is 0 Å². The van der Waals surface area contributed by atoms with Crippen LogP contribution in [0.1, 0.15) is 27.2 Å². The molecule has 0 atom stereocenters. The highest BCUT2D eigenvalue weighted by molar-refractivity contribution is 5.93. The summed E-state index contributed by atoms with van der Waals surface area (Å²) in [5, 5.41) is 7.68. The third kappa shape index (κ3) is 2.99. The van der Waals surface area contributed by atoms with Crippen LogP contribution in [0.4, 0.5) is 5.69 Å². The van der Waals surface area contributed by atoms with Crippen molar-refractivity contribution in [3.8, 4) is 5.88 Å². The second-order valence-corrected chi connectivity index (χ2v) is 4.94. The molecule has 0 unspecified atom stereocenters. The van der Waals surface area contributed by atoms with Crippen LogP contribution in [0.15, 0.2) is 18.2 Å². The summed E-state index contributed by atoms with van der Waals surface area (Å²) in [6.07, 6.45) is 0. The van der Waals surface area contributed by atoms with Gasteiger partial charge in [0.25, 0.3) is 0 Å². The van der Waals surface area contributed by atoms with Crippen LogP contribution in [0.5, 0.6) is 5.88 Å². The first-order valence-corrected chi connectivity index (χ1v) is 6.64. The number of amides is 1. The topological polar surface area (TPSA) is 82.2 Å². The van der Waals surface area contributed by atoms with E-state index in [0.717, 1.165) is 28.4 Å². The zero-order chi connectivity index (χ0) is 15.6. The summed E-state index contributed by atoms with van der Waals surface area (Å²) in [5.74, 6) is 0.320. The molecule has 0 aliphatic carbocycles. The molecule has 0 aliphatic rings. The number of ether oxygens (including phenoxy) is 1. The van der Waals surface area contributed by atoms with Crippen molar-refractivity contribution in [2.75, 3.05) is 12.4 Å². The van der Waals surface area contributed by atoms with Crippen molar-refractivity contribution in [2.45, 2.75) is 20.4 Å². The summed E-state index contributed by atoms with van der Waals surface area (Å²) >= 11 is 0. The van der Waals surface area contributed by atoms with Crippen LogP contribution in [-0.2, 0) is 13.6 Å². The molecule has 21 heavy (non-hydrogen) atoms. The van der Waals surface area contributed by atoms with Gasteiger partial charge in [0.2, 0.25) is 11.8 Å². The van der Waals surface area contributed by atoms with E-state index in [2.05, 4.69) is 10.4 Å². The van der Waals surface area contributed by atoms with E-state index in [-0.39, 0.29) is 0 Å². The van der Waals surface area contributed by atoms with Crippen LogP contribution in [0.3, 0.4) is 0 Å². The number of benzene rings is 1. The van der Waals surface area contributed by atoms with Gasteiger partial charge in [0.15, 0.2) is 0 Å². The Kier molecular flexibility index (Phi) is 4.16. The molecule has 0 saturated carbocycles. The summed E-state index contributed by atoms with van der Waals surface area (Å²) in [6, 6.07) is 5.34. The second-order valence-electron chi connectivity index (χ2n) is 4.94. The number of methoxy groups -OCH3 is 1. The molecular weight excluding hydrogens is 268 g/mol. The number of nitrogens with zero attached hydrogens (tertiary/aromatic N) is 2. The molecule has 1 aromatic carbocycles. The van der Waals surface area contributed by atoms with E-state index in [4.69, 9.17) is 10.5 Å². The van der Waals surface area contributed by atoms with Gasteiger partial charge < -0.3 is 15.8 Å². The maximum atomic E-state index is 11.1. The van der Waals surface area contributed by atoms with Gasteiger partial charge in [0, 0.05) is 24.8 Å². The molecule has 1 aromatic heterocycles. The summed E-state index contributed by atoms with van der Waals surface area (Å²) in [7, 11) is 3.48. The average Bonchev–Trinajstić information content (AvgIpc) is 2.70. The highest BCUT2D eigenvalue weighted by atomic mass is 16.5. The van der Waals surface area contributed by atoms with Gasteiger partial charge in [0.1, 0.15) is 0 Å². The van der Waals surface area contributed by atoms with Gasteiger partial charge in [-0.25, -0.2) is 4.68 Å². The van der Waals surface area contributed by atoms with Gasteiger partial charge in [0.05, 0.1) is 18.4 Å². The summed E-state index contributed by atoms with van der Waals surface area (Å²) < 4.78 is 7.08. The van der Waals surface area contributed by atoms with Crippen LogP contribution < -0.4 is 15.8 Å². The normalized spacial score (nSPS) is 10.5. The fourth-order valence-electron chi connectivity index (χ4n) is 2.34. The minimum Gasteiger partial charge on any atom is -0.481 e. The van der Waals surface area contributed by atoms with Gasteiger partial charge >= 0.3 is 0 Å². The van der Waals surface area contributed by atoms with E-state index in [1.807, 2.05) is 27.0 Å². The predicted molar refractivity (Wildman–Crippen MR) is 81.5 cm³/mol. The molecule has 1 amide bonds. The molecule has 0 spiro atoms. The van der Waals surface area contributed by atoms with E-state index >= 15 is 0 Å². The molecular formula is C15H20N4O2. The first-order valence-electron chi connectivity index (χ1n) is 6.64. The number of aromatic nitrogens is 2. The van der Waals surface area contributed by atoms with Crippen molar-refractivity contribution in [3.05, 3.63) is 40.6 Å². The molecule has 0 bridgehead atoms. The monoisotopic (exact) mass is 288 g/mol. The highest BCUT2D eigenvalue weighted by Crippen LogP contribution is 2.23. The molecule has 2 aromatic rings. The van der Waals surface area contributed by atoms with Crippen molar-refractivity contribution in [1.29, 1.82) is 0 Å². The van der Waals surface area contributed by atoms with Crippen molar-refractivity contribution in [2.24, 2.45) is 12.8 Å². The Bertz CT molecular complexity index is 677. The zero-order valence-corrected chi connectivity index (χ0v) is 12.7. The number of hydrogen-bond acceptors (Lipinski definition) is 4. The Hall–Kier alpha value is -2.50. The Balaban J connectivity index is 2.19. The third-order valence-electron chi connectivity index (χ3n) is 3.45. The lowest BCUT2D eigenvalue weighted by Gasteiger charge is -2.11. The van der Waals surface area contributed by atoms with Gasteiger partial charge in [-0.05, 0) is 37.6 Å². The number of carbonyl (C=O) groups excluding carboxylic acids is 1. The number of primary amides is 1. The van der Waals surface area contributed by atoms with Crippen LogP contribution in [-0.4, -0.2) is 22.8 Å². The molecule has 1 heterocycles. The number of carbonyl (C=O) groups is 1. The maximum absolute atomic E-state index is 11.1. The van der Waals surface area contributed by atoms with Crippen molar-refractivity contribution in [3.63, 3.8) is 0 Å². The SMILES string of the molecule is COc1c(CNc2ccc(C(N)=O)cc2C)c(C)nn1C. The maximum Gasteiger partial charge on any atom is 0.248 e. The second kappa shape index (κ2) is 5.87. The van der Waals surface area contributed by atoms with E-state index in [9.17, 15) is 4.79 Å².